The molecule has 1 aromatic rings. The van der Waals surface area contributed by atoms with Crippen LogP contribution in [0, 0.1) is 21.8 Å². The molecule has 1 aromatic carbocycles. The zero-order valence-electron chi connectivity index (χ0n) is 10.6. The summed E-state index contributed by atoms with van der Waals surface area (Å²) in [5, 5.41) is 10.8. The first-order valence-electron chi connectivity index (χ1n) is 5.72. The van der Waals surface area contributed by atoms with Gasteiger partial charge < -0.3 is 4.74 Å². The van der Waals surface area contributed by atoms with Crippen molar-refractivity contribution < 1.29 is 22.5 Å². The molecule has 9 heteroatoms. The minimum absolute atomic E-state index is 0.104. The van der Waals surface area contributed by atoms with Gasteiger partial charge in [0.1, 0.15) is 5.82 Å². The molecular formula is C11H13ClFNO5S. The molecule has 0 radical (unpaired) electrons. The van der Waals surface area contributed by atoms with Gasteiger partial charge in [-0.3, -0.25) is 10.1 Å². The second-order valence-electron chi connectivity index (χ2n) is 4.16. The zero-order valence-corrected chi connectivity index (χ0v) is 12.2. The number of nitro groups is 1. The summed E-state index contributed by atoms with van der Waals surface area (Å²) in [6.45, 7) is 1.63. The van der Waals surface area contributed by atoms with E-state index >= 15 is 0 Å². The fourth-order valence-electron chi connectivity index (χ4n) is 1.53. The van der Waals surface area contributed by atoms with E-state index in [0.29, 0.717) is 6.42 Å². The predicted octanol–water partition coefficient (Wildman–Crippen LogP) is 2.71. The SMILES string of the molecule is CCC(COc1cc(F)ccc1[N+](=O)[O-])CS(=O)(=O)Cl. The molecule has 0 heterocycles. The average molecular weight is 326 g/mol. The van der Waals surface area contributed by atoms with Gasteiger partial charge in [-0.1, -0.05) is 6.92 Å². The Kier molecular flexibility index (Phi) is 5.70. The van der Waals surface area contributed by atoms with Crippen LogP contribution < -0.4 is 4.74 Å². The lowest BCUT2D eigenvalue weighted by Crippen LogP contribution is -2.19. The fourth-order valence-corrected chi connectivity index (χ4v) is 2.96. The highest BCUT2D eigenvalue weighted by atomic mass is 35.7. The number of halogens is 2. The first-order chi connectivity index (χ1) is 9.23. The molecule has 0 aliphatic heterocycles. The van der Waals surface area contributed by atoms with Crippen LogP contribution in [-0.2, 0) is 9.05 Å². The molecule has 112 valence electrons. The zero-order chi connectivity index (χ0) is 15.3. The minimum atomic E-state index is -3.69. The van der Waals surface area contributed by atoms with Gasteiger partial charge in [-0.05, 0) is 12.5 Å². The Balaban J connectivity index is 2.82. The van der Waals surface area contributed by atoms with Crippen molar-refractivity contribution >= 4 is 25.4 Å². The quantitative estimate of drug-likeness (QED) is 0.437. The van der Waals surface area contributed by atoms with E-state index < -0.39 is 25.7 Å². The molecule has 0 spiro atoms. The highest BCUT2D eigenvalue weighted by Gasteiger charge is 2.20. The summed E-state index contributed by atoms with van der Waals surface area (Å²) >= 11 is 0. The summed E-state index contributed by atoms with van der Waals surface area (Å²) in [4.78, 5) is 10.1. The molecule has 6 nitrogen and oxygen atoms in total. The van der Waals surface area contributed by atoms with E-state index in [0.717, 1.165) is 18.2 Å². The Morgan fingerprint density at radius 1 is 1.50 bits per heavy atom. The van der Waals surface area contributed by atoms with Crippen molar-refractivity contribution in [2.24, 2.45) is 5.92 Å². The largest absolute Gasteiger partial charge is 0.486 e. The van der Waals surface area contributed by atoms with Gasteiger partial charge in [0.15, 0.2) is 5.75 Å². The molecule has 0 saturated carbocycles. The lowest BCUT2D eigenvalue weighted by molar-refractivity contribution is -0.386. The molecule has 0 N–H and O–H groups in total. The van der Waals surface area contributed by atoms with Crippen molar-refractivity contribution in [3.63, 3.8) is 0 Å². The van der Waals surface area contributed by atoms with Gasteiger partial charge in [0.2, 0.25) is 9.05 Å². The Morgan fingerprint density at radius 3 is 2.65 bits per heavy atom. The first-order valence-corrected chi connectivity index (χ1v) is 8.20. The highest BCUT2D eigenvalue weighted by molar-refractivity contribution is 8.13. The molecule has 1 rings (SSSR count). The van der Waals surface area contributed by atoms with Gasteiger partial charge in [-0.2, -0.15) is 0 Å². The van der Waals surface area contributed by atoms with E-state index in [2.05, 4.69) is 0 Å². The molecule has 20 heavy (non-hydrogen) atoms. The number of ether oxygens (including phenoxy) is 1. The second-order valence-corrected chi connectivity index (χ2v) is 6.98. The predicted molar refractivity (Wildman–Crippen MR) is 72.0 cm³/mol. The summed E-state index contributed by atoms with van der Waals surface area (Å²) in [5.74, 6) is -1.65. The van der Waals surface area contributed by atoms with Crippen LogP contribution in [0.15, 0.2) is 18.2 Å². The molecule has 0 bridgehead atoms. The van der Waals surface area contributed by atoms with Gasteiger partial charge in [0, 0.05) is 28.7 Å². The summed E-state index contributed by atoms with van der Waals surface area (Å²) < 4.78 is 40.2. The van der Waals surface area contributed by atoms with Crippen LogP contribution in [0.3, 0.4) is 0 Å². The minimum Gasteiger partial charge on any atom is -0.486 e. The Labute approximate surface area is 120 Å². The molecule has 1 unspecified atom stereocenters. The second kappa shape index (κ2) is 6.85. The molecule has 0 saturated heterocycles. The Bertz CT molecular complexity index is 592. The average Bonchev–Trinajstić information content (AvgIpc) is 2.32. The molecule has 0 amide bonds. The van der Waals surface area contributed by atoms with Crippen molar-refractivity contribution in [1.29, 1.82) is 0 Å². The van der Waals surface area contributed by atoms with Gasteiger partial charge in [-0.25, -0.2) is 12.8 Å². The molecular weight excluding hydrogens is 313 g/mol. The van der Waals surface area contributed by atoms with Crippen molar-refractivity contribution in [3.8, 4) is 5.75 Å². The molecule has 0 aliphatic carbocycles. The maximum Gasteiger partial charge on any atom is 0.311 e. The van der Waals surface area contributed by atoms with Crippen LogP contribution in [-0.4, -0.2) is 25.7 Å². The number of nitrogens with zero attached hydrogens (tertiary/aromatic N) is 1. The van der Waals surface area contributed by atoms with Crippen molar-refractivity contribution in [2.75, 3.05) is 12.4 Å². The molecule has 0 fully saturated rings. The van der Waals surface area contributed by atoms with Crippen LogP contribution in [0.1, 0.15) is 13.3 Å². The summed E-state index contributed by atoms with van der Waals surface area (Å²) in [6.07, 6.45) is 0.453. The van der Waals surface area contributed by atoms with Gasteiger partial charge in [0.25, 0.3) is 0 Å². The van der Waals surface area contributed by atoms with Crippen LogP contribution in [0.25, 0.3) is 0 Å². The van der Waals surface area contributed by atoms with E-state index in [1.54, 1.807) is 6.92 Å². The summed E-state index contributed by atoms with van der Waals surface area (Å²) in [6, 6.07) is 2.83. The van der Waals surface area contributed by atoms with Crippen molar-refractivity contribution in [1.82, 2.24) is 0 Å². The first kappa shape index (κ1) is 16.6. The monoisotopic (exact) mass is 325 g/mol. The molecule has 1 atom stereocenters. The summed E-state index contributed by atoms with van der Waals surface area (Å²) in [7, 11) is 1.45. The highest BCUT2D eigenvalue weighted by Crippen LogP contribution is 2.28. The number of rotatable bonds is 7. The van der Waals surface area contributed by atoms with E-state index in [4.69, 9.17) is 15.4 Å². The Hall–Kier alpha value is -1.41. The van der Waals surface area contributed by atoms with E-state index in [9.17, 15) is 22.9 Å². The van der Waals surface area contributed by atoms with E-state index in [-0.39, 0.29) is 23.8 Å². The number of hydrogen-bond acceptors (Lipinski definition) is 5. The maximum absolute atomic E-state index is 13.1. The third-order valence-electron chi connectivity index (χ3n) is 2.61. The molecule has 0 aromatic heterocycles. The van der Waals surface area contributed by atoms with Gasteiger partial charge in [-0.15, -0.1) is 0 Å². The maximum atomic E-state index is 13.1. The third-order valence-corrected chi connectivity index (χ3v) is 3.85. The molecule has 0 aliphatic rings. The van der Waals surface area contributed by atoms with E-state index in [1.165, 1.54) is 0 Å². The summed E-state index contributed by atoms with van der Waals surface area (Å²) in [5.41, 5.74) is -0.380. The standard InChI is InChI=1S/C11H13ClFNO5S/c1-2-8(7-20(12,17)18)6-19-11-5-9(13)3-4-10(11)14(15)16/h3-5,8H,2,6-7H2,1H3. The van der Waals surface area contributed by atoms with Crippen LogP contribution >= 0.6 is 10.7 Å². The number of nitro benzene ring substituents is 1. The van der Waals surface area contributed by atoms with Gasteiger partial charge >= 0.3 is 5.69 Å². The van der Waals surface area contributed by atoms with E-state index in [1.807, 2.05) is 0 Å². The third kappa shape index (κ3) is 5.30. The van der Waals surface area contributed by atoms with Gasteiger partial charge in [0.05, 0.1) is 17.3 Å². The Morgan fingerprint density at radius 2 is 2.15 bits per heavy atom. The van der Waals surface area contributed by atoms with Crippen LogP contribution in [0.5, 0.6) is 5.75 Å². The topological polar surface area (TPSA) is 86.5 Å². The van der Waals surface area contributed by atoms with Crippen LogP contribution in [0.4, 0.5) is 10.1 Å². The lowest BCUT2D eigenvalue weighted by atomic mass is 10.1. The number of benzene rings is 1. The van der Waals surface area contributed by atoms with Crippen molar-refractivity contribution in [3.05, 3.63) is 34.1 Å². The smallest absolute Gasteiger partial charge is 0.311 e. The van der Waals surface area contributed by atoms with Crippen LogP contribution in [0.2, 0.25) is 0 Å². The number of hydrogen-bond donors (Lipinski definition) is 0. The fraction of sp³-hybridized carbons (Fsp3) is 0.455. The van der Waals surface area contributed by atoms with Crippen molar-refractivity contribution in [2.45, 2.75) is 13.3 Å². The normalized spacial score (nSPS) is 12.9. The lowest BCUT2D eigenvalue weighted by Gasteiger charge is -2.14.